The zero-order chi connectivity index (χ0) is 18.7. The van der Waals surface area contributed by atoms with Crippen LogP contribution in [0, 0.1) is 0 Å². The molecule has 140 valence electrons. The van der Waals surface area contributed by atoms with E-state index in [2.05, 4.69) is 16.0 Å². The first kappa shape index (κ1) is 18.1. The molecule has 3 rings (SSSR count). The van der Waals surface area contributed by atoms with Crippen molar-refractivity contribution in [1.29, 1.82) is 0 Å². The van der Waals surface area contributed by atoms with Crippen LogP contribution in [0.5, 0.6) is 5.75 Å². The van der Waals surface area contributed by atoms with Crippen molar-refractivity contribution in [2.24, 2.45) is 0 Å². The fourth-order valence-corrected chi connectivity index (χ4v) is 3.31. The van der Waals surface area contributed by atoms with Crippen molar-refractivity contribution < 1.29 is 19.1 Å². The molecule has 2 saturated heterocycles. The molecule has 1 aromatic heterocycles. The van der Waals surface area contributed by atoms with Gasteiger partial charge in [0.1, 0.15) is 11.8 Å². The standard InChI is InChI=1S/C17H22N4O5/c1-26-13-9-21(10-4-6-18-7-5-10)15(23)8-11(13)16(24)19-12-2-3-14(22)20-17(12)25/h8-10,12,18H,2-7H2,1H3,(H,19,24)(H,20,22,25)/t12-/m0/s1. The summed E-state index contributed by atoms with van der Waals surface area (Å²) in [7, 11) is 1.43. The van der Waals surface area contributed by atoms with Crippen LogP contribution in [-0.2, 0) is 9.59 Å². The van der Waals surface area contributed by atoms with Crippen LogP contribution < -0.4 is 26.2 Å². The van der Waals surface area contributed by atoms with Crippen LogP contribution in [0.15, 0.2) is 17.1 Å². The Hall–Kier alpha value is -2.68. The predicted molar refractivity (Wildman–Crippen MR) is 92.0 cm³/mol. The van der Waals surface area contributed by atoms with Crippen molar-refractivity contribution in [3.05, 3.63) is 28.2 Å². The van der Waals surface area contributed by atoms with E-state index in [4.69, 9.17) is 4.74 Å². The number of hydrogen-bond donors (Lipinski definition) is 3. The number of amides is 3. The molecule has 2 aliphatic rings. The molecule has 2 fully saturated rings. The van der Waals surface area contributed by atoms with Crippen LogP contribution in [0.2, 0.25) is 0 Å². The Kier molecular flexibility index (Phi) is 5.36. The molecule has 3 N–H and O–H groups in total. The molecule has 0 aliphatic carbocycles. The average molecular weight is 362 g/mol. The van der Waals surface area contributed by atoms with Gasteiger partial charge in [-0.2, -0.15) is 0 Å². The zero-order valence-corrected chi connectivity index (χ0v) is 14.5. The SMILES string of the molecule is COc1cn(C2CCNCC2)c(=O)cc1C(=O)N[C@H]1CCC(=O)NC1=O. The Morgan fingerprint density at radius 1 is 1.23 bits per heavy atom. The first-order valence-electron chi connectivity index (χ1n) is 8.65. The van der Waals surface area contributed by atoms with Gasteiger partial charge in [0, 0.05) is 18.5 Å². The summed E-state index contributed by atoms with van der Waals surface area (Å²) in [4.78, 5) is 48.0. The number of methoxy groups -OCH3 is 1. The van der Waals surface area contributed by atoms with E-state index >= 15 is 0 Å². The smallest absolute Gasteiger partial charge is 0.255 e. The first-order chi connectivity index (χ1) is 12.5. The summed E-state index contributed by atoms with van der Waals surface area (Å²) in [6, 6.07) is 0.490. The molecule has 0 spiro atoms. The van der Waals surface area contributed by atoms with Crippen LogP contribution in [0.4, 0.5) is 0 Å². The Morgan fingerprint density at radius 2 is 1.96 bits per heavy atom. The third kappa shape index (κ3) is 3.77. The van der Waals surface area contributed by atoms with E-state index < -0.39 is 17.9 Å². The molecule has 9 heteroatoms. The van der Waals surface area contributed by atoms with E-state index in [1.54, 1.807) is 10.8 Å². The highest BCUT2D eigenvalue weighted by molar-refractivity contribution is 6.04. The minimum Gasteiger partial charge on any atom is -0.494 e. The number of nitrogens with zero attached hydrogens (tertiary/aromatic N) is 1. The fourth-order valence-electron chi connectivity index (χ4n) is 3.31. The number of piperidine rings is 2. The molecule has 0 saturated carbocycles. The largest absolute Gasteiger partial charge is 0.494 e. The molecular weight excluding hydrogens is 340 g/mol. The van der Waals surface area contributed by atoms with Crippen molar-refractivity contribution in [3.8, 4) is 5.75 Å². The predicted octanol–water partition coefficient (Wildman–Crippen LogP) is -0.684. The van der Waals surface area contributed by atoms with Crippen molar-refractivity contribution in [1.82, 2.24) is 20.5 Å². The van der Waals surface area contributed by atoms with E-state index in [1.807, 2.05) is 0 Å². The van der Waals surface area contributed by atoms with Gasteiger partial charge in [-0.1, -0.05) is 0 Å². The highest BCUT2D eigenvalue weighted by atomic mass is 16.5. The lowest BCUT2D eigenvalue weighted by Crippen LogP contribution is -2.52. The number of ether oxygens (including phenoxy) is 1. The minimum atomic E-state index is -0.809. The van der Waals surface area contributed by atoms with Crippen molar-refractivity contribution in [3.63, 3.8) is 0 Å². The van der Waals surface area contributed by atoms with Gasteiger partial charge >= 0.3 is 0 Å². The Labute approximate surface area is 150 Å². The lowest BCUT2D eigenvalue weighted by molar-refractivity contribution is -0.134. The van der Waals surface area contributed by atoms with Gasteiger partial charge in [-0.25, -0.2) is 0 Å². The number of pyridine rings is 1. The second-order valence-corrected chi connectivity index (χ2v) is 6.46. The zero-order valence-electron chi connectivity index (χ0n) is 14.5. The van der Waals surface area contributed by atoms with E-state index in [0.29, 0.717) is 0 Å². The van der Waals surface area contributed by atoms with Gasteiger partial charge in [-0.05, 0) is 32.4 Å². The van der Waals surface area contributed by atoms with Crippen LogP contribution >= 0.6 is 0 Å². The molecule has 1 aromatic rings. The topological polar surface area (TPSA) is 119 Å². The van der Waals surface area contributed by atoms with Gasteiger partial charge in [0.05, 0.1) is 18.9 Å². The Morgan fingerprint density at radius 3 is 2.62 bits per heavy atom. The first-order valence-corrected chi connectivity index (χ1v) is 8.65. The molecule has 9 nitrogen and oxygen atoms in total. The number of carbonyl (C=O) groups excluding carboxylic acids is 3. The Bertz CT molecular complexity index is 782. The second-order valence-electron chi connectivity index (χ2n) is 6.46. The van der Waals surface area contributed by atoms with E-state index in [-0.39, 0.29) is 41.7 Å². The molecule has 3 amide bonds. The summed E-state index contributed by atoms with van der Waals surface area (Å²) in [5, 5.41) is 7.99. The van der Waals surface area contributed by atoms with Crippen LogP contribution in [0.25, 0.3) is 0 Å². The lowest BCUT2D eigenvalue weighted by atomic mass is 10.0. The summed E-state index contributed by atoms with van der Waals surface area (Å²) >= 11 is 0. The highest BCUT2D eigenvalue weighted by Crippen LogP contribution is 2.22. The molecular formula is C17H22N4O5. The van der Waals surface area contributed by atoms with Gasteiger partial charge in [0.15, 0.2) is 0 Å². The van der Waals surface area contributed by atoms with Crippen molar-refractivity contribution in [2.75, 3.05) is 20.2 Å². The molecule has 0 unspecified atom stereocenters. The summed E-state index contributed by atoms with van der Waals surface area (Å²) < 4.78 is 6.89. The third-order valence-electron chi connectivity index (χ3n) is 4.76. The number of carbonyl (C=O) groups is 3. The average Bonchev–Trinajstić information content (AvgIpc) is 2.64. The molecule has 2 aliphatic heterocycles. The molecule has 0 bridgehead atoms. The maximum Gasteiger partial charge on any atom is 0.255 e. The van der Waals surface area contributed by atoms with Crippen molar-refractivity contribution >= 4 is 17.7 Å². The number of aromatic nitrogens is 1. The summed E-state index contributed by atoms with van der Waals surface area (Å²) in [6.45, 7) is 1.66. The van der Waals surface area contributed by atoms with Crippen molar-refractivity contribution in [2.45, 2.75) is 37.8 Å². The van der Waals surface area contributed by atoms with E-state index in [1.165, 1.54) is 13.2 Å². The maximum absolute atomic E-state index is 12.5. The minimum absolute atomic E-state index is 0.0601. The van der Waals surface area contributed by atoms with Gasteiger partial charge in [0.2, 0.25) is 11.8 Å². The van der Waals surface area contributed by atoms with Gasteiger partial charge in [0.25, 0.3) is 11.5 Å². The van der Waals surface area contributed by atoms with Crippen LogP contribution in [0.1, 0.15) is 42.1 Å². The quantitative estimate of drug-likeness (QED) is 0.611. The van der Waals surface area contributed by atoms with Gasteiger partial charge < -0.3 is 19.9 Å². The normalized spacial score (nSPS) is 21.2. The number of rotatable bonds is 4. The molecule has 26 heavy (non-hydrogen) atoms. The number of imide groups is 1. The third-order valence-corrected chi connectivity index (χ3v) is 4.76. The van der Waals surface area contributed by atoms with Gasteiger partial charge in [-0.3, -0.25) is 24.5 Å². The van der Waals surface area contributed by atoms with Gasteiger partial charge in [-0.15, -0.1) is 0 Å². The molecule has 3 heterocycles. The summed E-state index contributed by atoms with van der Waals surface area (Å²) in [6.07, 6.45) is 3.59. The summed E-state index contributed by atoms with van der Waals surface area (Å²) in [5.74, 6) is -1.21. The van der Waals surface area contributed by atoms with E-state index in [0.717, 1.165) is 25.9 Å². The number of nitrogens with one attached hydrogen (secondary N) is 3. The molecule has 1 atom stereocenters. The summed E-state index contributed by atoms with van der Waals surface area (Å²) in [5.41, 5.74) is -0.210. The number of hydrogen-bond acceptors (Lipinski definition) is 6. The Balaban J connectivity index is 1.81. The lowest BCUT2D eigenvalue weighted by Gasteiger charge is -2.26. The van der Waals surface area contributed by atoms with Crippen LogP contribution in [-0.4, -0.2) is 48.5 Å². The fraction of sp³-hybridized carbons (Fsp3) is 0.529. The maximum atomic E-state index is 12.5. The molecule has 0 radical (unpaired) electrons. The molecule has 0 aromatic carbocycles. The van der Waals surface area contributed by atoms with Crippen LogP contribution in [0.3, 0.4) is 0 Å². The highest BCUT2D eigenvalue weighted by Gasteiger charge is 2.29. The monoisotopic (exact) mass is 362 g/mol. The second kappa shape index (κ2) is 7.69. The van der Waals surface area contributed by atoms with E-state index in [9.17, 15) is 19.2 Å².